The Kier molecular flexibility index (Phi) is 5.11. The van der Waals surface area contributed by atoms with Crippen LogP contribution in [0.5, 0.6) is 11.5 Å². The maximum atomic E-state index is 13.0. The fourth-order valence-corrected chi connectivity index (χ4v) is 3.35. The van der Waals surface area contributed by atoms with Crippen molar-refractivity contribution in [3.63, 3.8) is 0 Å². The number of carbonyl (C=O) groups excluding carboxylic acids is 1. The Balaban J connectivity index is 1.59. The average Bonchev–Trinajstić information content (AvgIpc) is 3.13. The molecule has 0 saturated heterocycles. The molecule has 4 heteroatoms. The van der Waals surface area contributed by atoms with Gasteiger partial charge in [-0.2, -0.15) is 0 Å². The number of carbonyl (C=O) groups is 1. The fourth-order valence-electron chi connectivity index (χ4n) is 3.35. The van der Waals surface area contributed by atoms with Gasteiger partial charge in [-0.3, -0.25) is 4.79 Å². The minimum Gasteiger partial charge on any atom is -0.493 e. The summed E-state index contributed by atoms with van der Waals surface area (Å²) in [6, 6.07) is 24.9. The number of hydrogen-bond acceptors (Lipinski definition) is 3. The zero-order valence-electron chi connectivity index (χ0n) is 15.7. The smallest absolute Gasteiger partial charge is 0.195 e. The Hall–Kier alpha value is -3.53. The van der Waals surface area contributed by atoms with Crippen molar-refractivity contribution in [2.24, 2.45) is 0 Å². The summed E-state index contributed by atoms with van der Waals surface area (Å²) < 4.78 is 13.3. The van der Waals surface area contributed by atoms with Crippen molar-refractivity contribution in [3.8, 4) is 11.5 Å². The van der Waals surface area contributed by atoms with Crippen molar-refractivity contribution >= 4 is 16.7 Å². The molecule has 4 aromatic rings. The zero-order valence-corrected chi connectivity index (χ0v) is 15.7. The molecule has 0 unspecified atom stereocenters. The molecule has 1 heterocycles. The van der Waals surface area contributed by atoms with Crippen molar-refractivity contribution < 1.29 is 14.3 Å². The molecule has 1 aromatic heterocycles. The van der Waals surface area contributed by atoms with Gasteiger partial charge in [0.1, 0.15) is 6.61 Å². The summed E-state index contributed by atoms with van der Waals surface area (Å²) in [4.78, 5) is 13.0. The number of rotatable bonds is 7. The first-order chi connectivity index (χ1) is 13.8. The van der Waals surface area contributed by atoms with Gasteiger partial charge in [0.15, 0.2) is 17.3 Å². The minimum absolute atomic E-state index is 0.0289. The molecule has 0 aliphatic carbocycles. The van der Waals surface area contributed by atoms with Gasteiger partial charge in [-0.1, -0.05) is 60.7 Å². The summed E-state index contributed by atoms with van der Waals surface area (Å²) >= 11 is 0. The van der Waals surface area contributed by atoms with Gasteiger partial charge in [0.05, 0.1) is 13.7 Å². The predicted octanol–water partition coefficient (Wildman–Crippen LogP) is 4.96. The predicted molar refractivity (Wildman–Crippen MR) is 110 cm³/mol. The van der Waals surface area contributed by atoms with Crippen molar-refractivity contribution in [1.29, 1.82) is 0 Å². The summed E-state index contributed by atoms with van der Waals surface area (Å²) in [6.45, 7) is 1.10. The Labute approximate surface area is 163 Å². The number of benzene rings is 3. The summed E-state index contributed by atoms with van der Waals surface area (Å²) in [6.07, 6.45) is 1.92. The van der Waals surface area contributed by atoms with E-state index in [1.165, 1.54) is 0 Å². The molecule has 140 valence electrons. The van der Waals surface area contributed by atoms with E-state index in [-0.39, 0.29) is 5.78 Å². The number of nitrogens with zero attached hydrogens (tertiary/aromatic N) is 1. The van der Waals surface area contributed by atoms with E-state index in [1.807, 2.05) is 85.1 Å². The first kappa shape index (κ1) is 17.9. The Bertz CT molecular complexity index is 1100. The molecule has 0 fully saturated rings. The lowest BCUT2D eigenvalue weighted by Crippen LogP contribution is -2.08. The van der Waals surface area contributed by atoms with Gasteiger partial charge < -0.3 is 14.0 Å². The number of ketones is 1. The van der Waals surface area contributed by atoms with Crippen molar-refractivity contribution in [2.75, 3.05) is 13.7 Å². The maximum absolute atomic E-state index is 13.0. The molecule has 0 aliphatic rings. The number of methoxy groups -OCH3 is 1. The first-order valence-corrected chi connectivity index (χ1v) is 9.21. The molecule has 28 heavy (non-hydrogen) atoms. The van der Waals surface area contributed by atoms with E-state index in [9.17, 15) is 4.79 Å². The molecule has 0 saturated carbocycles. The molecular formula is C24H21NO3. The van der Waals surface area contributed by atoms with Gasteiger partial charge in [-0.15, -0.1) is 0 Å². The molecule has 0 N–H and O–H groups in total. The third-order valence-electron chi connectivity index (χ3n) is 4.73. The highest BCUT2D eigenvalue weighted by Gasteiger charge is 2.16. The third kappa shape index (κ3) is 3.49. The Morgan fingerprint density at radius 2 is 1.54 bits per heavy atom. The number of para-hydroxylation sites is 3. The summed E-state index contributed by atoms with van der Waals surface area (Å²) in [5.74, 6) is 1.45. The van der Waals surface area contributed by atoms with Crippen LogP contribution < -0.4 is 9.47 Å². The third-order valence-corrected chi connectivity index (χ3v) is 4.73. The topological polar surface area (TPSA) is 40.5 Å². The second kappa shape index (κ2) is 8.01. The minimum atomic E-state index is 0.0289. The standard InChI is InChI=1S/C24H21NO3/c1-27-22-13-7-8-14-23(22)28-16-15-25-17-20(19-11-5-6-12-21(19)25)24(26)18-9-3-2-4-10-18/h2-14,17H,15-16H2,1H3. The van der Waals surface area contributed by atoms with Crippen LogP contribution >= 0.6 is 0 Å². The normalized spacial score (nSPS) is 10.8. The van der Waals surface area contributed by atoms with Crippen LogP contribution in [0.4, 0.5) is 0 Å². The van der Waals surface area contributed by atoms with Gasteiger partial charge in [-0.25, -0.2) is 0 Å². The van der Waals surface area contributed by atoms with E-state index in [0.29, 0.717) is 35.8 Å². The van der Waals surface area contributed by atoms with Crippen molar-refractivity contribution in [3.05, 3.63) is 96.2 Å². The van der Waals surface area contributed by atoms with Crippen molar-refractivity contribution in [2.45, 2.75) is 6.54 Å². The summed E-state index contributed by atoms with van der Waals surface area (Å²) in [5, 5.41) is 0.952. The Morgan fingerprint density at radius 3 is 2.32 bits per heavy atom. The van der Waals surface area contributed by atoms with Gasteiger partial charge in [-0.05, 0) is 18.2 Å². The molecule has 0 amide bonds. The number of fused-ring (bicyclic) bond motifs is 1. The highest BCUT2D eigenvalue weighted by Crippen LogP contribution is 2.27. The number of hydrogen-bond donors (Lipinski definition) is 0. The van der Waals surface area contributed by atoms with Crippen molar-refractivity contribution in [1.82, 2.24) is 4.57 Å². The summed E-state index contributed by atoms with van der Waals surface area (Å²) in [7, 11) is 1.63. The molecule has 4 nitrogen and oxygen atoms in total. The first-order valence-electron chi connectivity index (χ1n) is 9.21. The lowest BCUT2D eigenvalue weighted by atomic mass is 10.0. The van der Waals surface area contributed by atoms with Gasteiger partial charge in [0.25, 0.3) is 0 Å². The van der Waals surface area contributed by atoms with E-state index < -0.39 is 0 Å². The molecule has 0 spiro atoms. The largest absolute Gasteiger partial charge is 0.493 e. The monoisotopic (exact) mass is 371 g/mol. The van der Waals surface area contributed by atoms with E-state index in [2.05, 4.69) is 4.57 Å². The van der Waals surface area contributed by atoms with Gasteiger partial charge >= 0.3 is 0 Å². The van der Waals surface area contributed by atoms with Crippen LogP contribution in [-0.4, -0.2) is 24.1 Å². The van der Waals surface area contributed by atoms with Gasteiger partial charge in [0.2, 0.25) is 0 Å². The molecule has 4 rings (SSSR count). The highest BCUT2D eigenvalue weighted by molar-refractivity contribution is 6.16. The van der Waals surface area contributed by atoms with Crippen LogP contribution in [0.3, 0.4) is 0 Å². The summed E-state index contributed by atoms with van der Waals surface area (Å²) in [5.41, 5.74) is 2.42. The number of aromatic nitrogens is 1. The molecular weight excluding hydrogens is 350 g/mol. The van der Waals surface area contributed by atoms with Crippen LogP contribution in [0.2, 0.25) is 0 Å². The lowest BCUT2D eigenvalue weighted by molar-refractivity contribution is 0.104. The molecule has 0 radical (unpaired) electrons. The lowest BCUT2D eigenvalue weighted by Gasteiger charge is -2.11. The van der Waals surface area contributed by atoms with E-state index in [0.717, 1.165) is 10.9 Å². The van der Waals surface area contributed by atoms with Crippen LogP contribution in [0.15, 0.2) is 85.1 Å². The van der Waals surface area contributed by atoms with E-state index >= 15 is 0 Å². The van der Waals surface area contributed by atoms with Crippen LogP contribution in [0.1, 0.15) is 15.9 Å². The quantitative estimate of drug-likeness (QED) is 0.431. The van der Waals surface area contributed by atoms with Crippen LogP contribution in [-0.2, 0) is 6.54 Å². The fraction of sp³-hybridized carbons (Fsp3) is 0.125. The second-order valence-electron chi connectivity index (χ2n) is 6.45. The van der Waals surface area contributed by atoms with Crippen LogP contribution in [0, 0.1) is 0 Å². The average molecular weight is 371 g/mol. The second-order valence-corrected chi connectivity index (χ2v) is 6.45. The zero-order chi connectivity index (χ0) is 19.3. The number of ether oxygens (including phenoxy) is 2. The molecule has 3 aromatic carbocycles. The van der Waals surface area contributed by atoms with Gasteiger partial charge in [0, 0.05) is 28.2 Å². The van der Waals surface area contributed by atoms with E-state index in [4.69, 9.17) is 9.47 Å². The molecule has 0 atom stereocenters. The molecule has 0 bridgehead atoms. The SMILES string of the molecule is COc1ccccc1OCCn1cc(C(=O)c2ccccc2)c2ccccc21. The highest BCUT2D eigenvalue weighted by atomic mass is 16.5. The van der Waals surface area contributed by atoms with Crippen LogP contribution in [0.25, 0.3) is 10.9 Å². The van der Waals surface area contributed by atoms with E-state index in [1.54, 1.807) is 7.11 Å². The maximum Gasteiger partial charge on any atom is 0.195 e. The molecule has 0 aliphatic heterocycles. The Morgan fingerprint density at radius 1 is 0.857 bits per heavy atom.